The van der Waals surface area contributed by atoms with Gasteiger partial charge in [-0.25, -0.2) is 14.5 Å². The highest BCUT2D eigenvalue weighted by molar-refractivity contribution is 5.99. The molecule has 0 radical (unpaired) electrons. The Kier molecular flexibility index (Phi) is 7.17. The number of nitrogens with zero attached hydrogens (tertiary/aromatic N) is 3. The molecule has 2 heterocycles. The monoisotopic (exact) mass is 497 g/mol. The Morgan fingerprint density at radius 2 is 1.69 bits per heavy atom. The standard InChI is InChI=1S/C27H39N5O4/c1-10-36-23(33)17-11-13-18(14-12-17)31(24(34)35)19-15-28-32-21(19)29-20(26(5,6)7)22(32)30-27(8,9)16-25(2,3)4/h11-15,29-30H,10,16H2,1-9H3,(H,34,35). The Hall–Kier alpha value is -3.49. The molecule has 9 nitrogen and oxygen atoms in total. The van der Waals surface area contributed by atoms with Gasteiger partial charge in [0.2, 0.25) is 0 Å². The number of nitrogens with one attached hydrogen (secondary N) is 2. The van der Waals surface area contributed by atoms with Crippen molar-refractivity contribution in [2.24, 2.45) is 5.41 Å². The van der Waals surface area contributed by atoms with Gasteiger partial charge < -0.3 is 20.1 Å². The topological polar surface area (TPSA) is 112 Å². The second-order valence-corrected chi connectivity index (χ2v) is 12.0. The number of carboxylic acid groups (broad SMARTS) is 1. The van der Waals surface area contributed by atoms with Crippen molar-refractivity contribution in [3.05, 3.63) is 41.7 Å². The first kappa shape index (κ1) is 27.1. The minimum atomic E-state index is -1.16. The maximum atomic E-state index is 12.4. The third-order valence-corrected chi connectivity index (χ3v) is 5.69. The Morgan fingerprint density at radius 3 is 2.19 bits per heavy atom. The predicted molar refractivity (Wildman–Crippen MR) is 143 cm³/mol. The molecule has 0 saturated carbocycles. The number of carbonyl (C=O) groups excluding carboxylic acids is 1. The van der Waals surface area contributed by atoms with Crippen molar-refractivity contribution < 1.29 is 19.4 Å². The number of ether oxygens (including phenoxy) is 1. The fraction of sp³-hybridized carbons (Fsp3) is 0.519. The number of anilines is 3. The normalized spacial score (nSPS) is 12.6. The maximum Gasteiger partial charge on any atom is 0.416 e. The molecule has 2 aromatic heterocycles. The number of amides is 1. The number of fused-ring (bicyclic) bond motifs is 1. The van der Waals surface area contributed by atoms with Crippen LogP contribution in [-0.2, 0) is 10.2 Å². The van der Waals surface area contributed by atoms with Crippen molar-refractivity contribution in [2.75, 3.05) is 16.8 Å². The Balaban J connectivity index is 2.10. The predicted octanol–water partition coefficient (Wildman–Crippen LogP) is 6.58. The second kappa shape index (κ2) is 9.52. The van der Waals surface area contributed by atoms with Gasteiger partial charge in [0.15, 0.2) is 11.5 Å². The molecule has 1 amide bonds. The van der Waals surface area contributed by atoms with Crippen LogP contribution in [-0.4, -0.2) is 43.9 Å². The molecule has 1 aromatic carbocycles. The van der Waals surface area contributed by atoms with Crippen LogP contribution in [0.5, 0.6) is 0 Å². The van der Waals surface area contributed by atoms with Gasteiger partial charge in [-0.3, -0.25) is 0 Å². The molecule has 0 saturated heterocycles. The van der Waals surface area contributed by atoms with Crippen molar-refractivity contribution in [1.29, 1.82) is 0 Å². The largest absolute Gasteiger partial charge is 0.464 e. The molecule has 0 aliphatic rings. The van der Waals surface area contributed by atoms with E-state index in [4.69, 9.17) is 4.74 Å². The molecule has 9 heteroatoms. The van der Waals surface area contributed by atoms with Crippen LogP contribution in [0.25, 0.3) is 5.65 Å². The number of H-pyrrole nitrogens is 1. The molecule has 36 heavy (non-hydrogen) atoms. The van der Waals surface area contributed by atoms with Crippen LogP contribution in [0.15, 0.2) is 30.5 Å². The van der Waals surface area contributed by atoms with E-state index < -0.39 is 12.1 Å². The molecule has 3 aromatic rings. The summed E-state index contributed by atoms with van der Waals surface area (Å²) >= 11 is 0. The van der Waals surface area contributed by atoms with E-state index in [1.165, 1.54) is 6.20 Å². The first-order chi connectivity index (χ1) is 16.5. The zero-order valence-electron chi connectivity index (χ0n) is 22.8. The number of aromatic nitrogens is 3. The summed E-state index contributed by atoms with van der Waals surface area (Å²) in [5.74, 6) is 0.354. The van der Waals surface area contributed by atoms with Crippen molar-refractivity contribution in [1.82, 2.24) is 14.6 Å². The molecule has 0 unspecified atom stereocenters. The van der Waals surface area contributed by atoms with Gasteiger partial charge in [-0.1, -0.05) is 41.5 Å². The zero-order chi connectivity index (χ0) is 27.1. The molecule has 3 N–H and O–H groups in total. The van der Waals surface area contributed by atoms with Crippen LogP contribution < -0.4 is 10.2 Å². The SMILES string of the molecule is CCOC(=O)c1ccc(N(C(=O)O)c2cnn3c(NC(C)(C)CC(C)(C)C)c(C(C)(C)C)[nH]c23)cc1. The summed E-state index contributed by atoms with van der Waals surface area (Å²) in [7, 11) is 0. The molecule has 196 valence electrons. The van der Waals surface area contributed by atoms with E-state index in [2.05, 4.69) is 70.8 Å². The smallest absolute Gasteiger partial charge is 0.416 e. The average molecular weight is 498 g/mol. The molecular weight excluding hydrogens is 458 g/mol. The Labute approximate surface area is 212 Å². The average Bonchev–Trinajstić information content (AvgIpc) is 3.27. The second-order valence-electron chi connectivity index (χ2n) is 12.0. The van der Waals surface area contributed by atoms with Crippen molar-refractivity contribution in [3.8, 4) is 0 Å². The lowest BCUT2D eigenvalue weighted by Gasteiger charge is -2.34. The molecule has 0 atom stereocenters. The number of carbonyl (C=O) groups is 2. The van der Waals surface area contributed by atoms with Crippen LogP contribution >= 0.6 is 0 Å². The Bertz CT molecular complexity index is 1240. The third kappa shape index (κ3) is 5.83. The number of aromatic amines is 1. The van der Waals surface area contributed by atoms with Gasteiger partial charge in [-0.2, -0.15) is 9.61 Å². The maximum absolute atomic E-state index is 12.4. The third-order valence-electron chi connectivity index (χ3n) is 5.69. The molecule has 0 fully saturated rings. The number of imidazole rings is 1. The number of esters is 1. The lowest BCUT2D eigenvalue weighted by Crippen LogP contribution is -2.36. The molecule has 3 rings (SSSR count). The van der Waals surface area contributed by atoms with Crippen molar-refractivity contribution in [3.63, 3.8) is 0 Å². The minimum absolute atomic E-state index is 0.110. The van der Waals surface area contributed by atoms with Gasteiger partial charge in [0.05, 0.1) is 29.7 Å². The van der Waals surface area contributed by atoms with E-state index in [1.807, 2.05) is 0 Å². The van der Waals surface area contributed by atoms with Gasteiger partial charge in [-0.15, -0.1) is 0 Å². The summed E-state index contributed by atoms with van der Waals surface area (Å²) in [5.41, 5.74) is 2.23. The summed E-state index contributed by atoms with van der Waals surface area (Å²) < 4.78 is 6.77. The Morgan fingerprint density at radius 1 is 1.08 bits per heavy atom. The van der Waals surface area contributed by atoms with Crippen molar-refractivity contribution >= 4 is 34.9 Å². The highest BCUT2D eigenvalue weighted by Crippen LogP contribution is 2.38. The van der Waals surface area contributed by atoms with E-state index in [9.17, 15) is 14.7 Å². The van der Waals surface area contributed by atoms with Crippen molar-refractivity contribution in [2.45, 2.75) is 79.7 Å². The summed E-state index contributed by atoms with van der Waals surface area (Å²) in [6.45, 7) is 19.2. The summed E-state index contributed by atoms with van der Waals surface area (Å²) in [6.07, 6.45) is 1.29. The van der Waals surface area contributed by atoms with E-state index >= 15 is 0 Å². The fourth-order valence-corrected chi connectivity index (χ4v) is 4.74. The first-order valence-corrected chi connectivity index (χ1v) is 12.2. The van der Waals surface area contributed by atoms with Crippen LogP contribution in [0.3, 0.4) is 0 Å². The highest BCUT2D eigenvalue weighted by atomic mass is 16.5. The van der Waals surface area contributed by atoms with Gasteiger partial charge in [0, 0.05) is 11.0 Å². The van der Waals surface area contributed by atoms with E-state index in [1.54, 1.807) is 35.7 Å². The van der Waals surface area contributed by atoms with E-state index in [0.29, 0.717) is 22.6 Å². The molecule has 0 spiro atoms. The molecule has 0 bridgehead atoms. The minimum Gasteiger partial charge on any atom is -0.464 e. The van der Waals surface area contributed by atoms with Gasteiger partial charge in [-0.05, 0) is 56.9 Å². The summed E-state index contributed by atoms with van der Waals surface area (Å²) in [6, 6.07) is 6.29. The molecular formula is C27H39N5O4. The lowest BCUT2D eigenvalue weighted by atomic mass is 9.81. The summed E-state index contributed by atoms with van der Waals surface area (Å²) in [5, 5.41) is 18.4. The quantitative estimate of drug-likeness (QED) is 0.318. The first-order valence-electron chi connectivity index (χ1n) is 12.2. The number of benzene rings is 1. The number of hydrogen-bond acceptors (Lipinski definition) is 5. The van der Waals surface area contributed by atoms with Gasteiger partial charge >= 0.3 is 12.1 Å². The molecule has 0 aliphatic heterocycles. The number of rotatable bonds is 7. The van der Waals surface area contributed by atoms with Crippen LogP contribution in [0, 0.1) is 5.41 Å². The highest BCUT2D eigenvalue weighted by Gasteiger charge is 2.32. The number of hydrogen-bond donors (Lipinski definition) is 3. The van der Waals surface area contributed by atoms with Crippen LogP contribution in [0.4, 0.5) is 22.0 Å². The van der Waals surface area contributed by atoms with Gasteiger partial charge in [0.25, 0.3) is 0 Å². The lowest BCUT2D eigenvalue weighted by molar-refractivity contribution is 0.0526. The van der Waals surface area contributed by atoms with Crippen LogP contribution in [0.1, 0.15) is 84.8 Å². The zero-order valence-corrected chi connectivity index (χ0v) is 22.8. The van der Waals surface area contributed by atoms with Gasteiger partial charge in [0.1, 0.15) is 5.69 Å². The van der Waals surface area contributed by atoms with E-state index in [0.717, 1.165) is 22.8 Å². The summed E-state index contributed by atoms with van der Waals surface area (Å²) in [4.78, 5) is 29.0. The fourth-order valence-electron chi connectivity index (χ4n) is 4.74. The van der Waals surface area contributed by atoms with Crippen LogP contribution in [0.2, 0.25) is 0 Å². The van der Waals surface area contributed by atoms with E-state index in [-0.39, 0.29) is 23.0 Å². The molecule has 0 aliphatic carbocycles.